The lowest BCUT2D eigenvalue weighted by Crippen LogP contribution is -2.46. The molecule has 30 heavy (non-hydrogen) atoms. The van der Waals surface area contributed by atoms with E-state index < -0.39 is 6.04 Å². The van der Waals surface area contributed by atoms with Crippen LogP contribution in [-0.2, 0) is 4.79 Å². The predicted molar refractivity (Wildman–Crippen MR) is 114 cm³/mol. The molecular weight excluding hydrogens is 380 g/mol. The first-order valence-electron chi connectivity index (χ1n) is 9.47. The summed E-state index contributed by atoms with van der Waals surface area (Å²) in [6.07, 6.45) is 1.69. The van der Waals surface area contributed by atoms with Gasteiger partial charge in [0.25, 0.3) is 5.91 Å². The zero-order valence-corrected chi connectivity index (χ0v) is 16.1. The van der Waals surface area contributed by atoms with Crippen LogP contribution >= 0.6 is 0 Å². The third kappa shape index (κ3) is 3.14. The Morgan fingerprint density at radius 2 is 1.93 bits per heavy atom. The van der Waals surface area contributed by atoms with Crippen LogP contribution < -0.4 is 16.0 Å². The van der Waals surface area contributed by atoms with Crippen molar-refractivity contribution in [3.8, 4) is 0 Å². The van der Waals surface area contributed by atoms with Gasteiger partial charge in [-0.15, -0.1) is 0 Å². The summed E-state index contributed by atoms with van der Waals surface area (Å²) in [6.45, 7) is 1.71. The Morgan fingerprint density at radius 1 is 1.07 bits per heavy atom. The van der Waals surface area contributed by atoms with E-state index in [0.29, 0.717) is 22.7 Å². The molecule has 3 amide bonds. The number of aromatic amines is 1. The molecule has 1 unspecified atom stereocenters. The molecule has 0 saturated carbocycles. The number of pyridine rings is 1. The highest BCUT2D eigenvalue weighted by Gasteiger charge is 2.32. The summed E-state index contributed by atoms with van der Waals surface area (Å²) in [5.41, 5.74) is 3.80. The molecule has 3 heterocycles. The van der Waals surface area contributed by atoms with Gasteiger partial charge in [-0.3, -0.25) is 14.9 Å². The molecule has 0 bridgehead atoms. The van der Waals surface area contributed by atoms with Crippen molar-refractivity contribution in [3.63, 3.8) is 0 Å². The smallest absolute Gasteiger partial charge is 0.319 e. The molecule has 0 radical (unpaired) electrons. The number of fused-ring (bicyclic) bond motifs is 2. The number of hydrogen-bond donors (Lipinski definition) is 4. The first-order valence-corrected chi connectivity index (χ1v) is 9.47. The van der Waals surface area contributed by atoms with Gasteiger partial charge in [-0.2, -0.15) is 5.10 Å². The summed E-state index contributed by atoms with van der Waals surface area (Å²) in [5, 5.41) is 17.2. The van der Waals surface area contributed by atoms with Crippen molar-refractivity contribution in [1.29, 1.82) is 0 Å². The average molecular weight is 398 g/mol. The van der Waals surface area contributed by atoms with Crippen LogP contribution in [0.2, 0.25) is 0 Å². The van der Waals surface area contributed by atoms with Gasteiger partial charge in [0, 0.05) is 22.2 Å². The number of amides is 3. The van der Waals surface area contributed by atoms with E-state index in [2.05, 4.69) is 31.1 Å². The number of hydrogen-bond acceptors (Lipinski definition) is 4. The largest absolute Gasteiger partial charge is 0.325 e. The molecular formula is C22H18N6O2. The Hall–Kier alpha value is -4.20. The summed E-state index contributed by atoms with van der Waals surface area (Å²) < 4.78 is 0. The van der Waals surface area contributed by atoms with Gasteiger partial charge in [0.2, 0.25) is 0 Å². The Bertz CT molecular complexity index is 1340. The maximum Gasteiger partial charge on any atom is 0.319 e. The zero-order chi connectivity index (χ0) is 20.7. The number of anilines is 1. The van der Waals surface area contributed by atoms with Crippen molar-refractivity contribution in [2.24, 2.45) is 0 Å². The van der Waals surface area contributed by atoms with Crippen LogP contribution in [0.3, 0.4) is 0 Å². The molecule has 5 rings (SSSR count). The molecule has 0 fully saturated rings. The number of carbonyl (C=O) groups is 2. The standard InChI is InChI=1S/C22H18N6O2/c1-12-19(21(29)25-15-7-9-17-14(10-15)11-23-28-17)20(27-22(30)24-12)18-8-6-13-4-2-3-5-16(13)26-18/h2-11,20H,1H3,(H,23,28)(H,25,29)(H2,24,27,30). The zero-order valence-electron chi connectivity index (χ0n) is 16.1. The maximum atomic E-state index is 13.2. The number of nitrogens with zero attached hydrogens (tertiary/aromatic N) is 2. The summed E-state index contributed by atoms with van der Waals surface area (Å²) in [6, 6.07) is 15.9. The maximum absolute atomic E-state index is 13.2. The van der Waals surface area contributed by atoms with Crippen molar-refractivity contribution >= 4 is 39.4 Å². The first kappa shape index (κ1) is 17.9. The van der Waals surface area contributed by atoms with E-state index in [9.17, 15) is 9.59 Å². The van der Waals surface area contributed by atoms with Gasteiger partial charge >= 0.3 is 6.03 Å². The van der Waals surface area contributed by atoms with Crippen LogP contribution in [0.25, 0.3) is 21.8 Å². The van der Waals surface area contributed by atoms with Gasteiger partial charge in [0.15, 0.2) is 0 Å². The summed E-state index contributed by atoms with van der Waals surface area (Å²) in [7, 11) is 0. The third-order valence-electron chi connectivity index (χ3n) is 5.13. The molecule has 1 atom stereocenters. The average Bonchev–Trinajstić information content (AvgIpc) is 3.20. The first-order chi connectivity index (χ1) is 14.6. The fourth-order valence-electron chi connectivity index (χ4n) is 3.68. The number of H-pyrrole nitrogens is 1. The van der Waals surface area contributed by atoms with Crippen molar-refractivity contribution < 1.29 is 9.59 Å². The molecule has 2 aromatic carbocycles. The van der Waals surface area contributed by atoms with E-state index in [4.69, 9.17) is 0 Å². The highest BCUT2D eigenvalue weighted by atomic mass is 16.2. The van der Waals surface area contributed by atoms with Gasteiger partial charge in [0.05, 0.1) is 28.5 Å². The second kappa shape index (κ2) is 7.00. The van der Waals surface area contributed by atoms with E-state index >= 15 is 0 Å². The van der Waals surface area contributed by atoms with E-state index in [1.165, 1.54) is 0 Å². The fraction of sp³-hybridized carbons (Fsp3) is 0.0909. The molecule has 4 N–H and O–H groups in total. The lowest BCUT2D eigenvalue weighted by molar-refractivity contribution is -0.113. The van der Waals surface area contributed by atoms with Gasteiger partial charge in [-0.25, -0.2) is 4.79 Å². The molecule has 0 aliphatic carbocycles. The van der Waals surface area contributed by atoms with E-state index in [1.54, 1.807) is 19.2 Å². The highest BCUT2D eigenvalue weighted by molar-refractivity contribution is 6.07. The van der Waals surface area contributed by atoms with Crippen molar-refractivity contribution in [2.45, 2.75) is 13.0 Å². The lowest BCUT2D eigenvalue weighted by Gasteiger charge is -2.28. The van der Waals surface area contributed by atoms with E-state index in [-0.39, 0.29) is 11.9 Å². The SMILES string of the molecule is CC1=C(C(=O)Nc2ccc3[nH]ncc3c2)C(c2ccc3ccccc3n2)NC(=O)N1. The van der Waals surface area contributed by atoms with E-state index in [1.807, 2.05) is 48.5 Å². The van der Waals surface area contributed by atoms with Crippen molar-refractivity contribution in [2.75, 3.05) is 5.32 Å². The predicted octanol–water partition coefficient (Wildman–Crippen LogP) is 3.38. The number of benzene rings is 2. The minimum Gasteiger partial charge on any atom is -0.325 e. The third-order valence-corrected chi connectivity index (χ3v) is 5.13. The molecule has 8 nitrogen and oxygen atoms in total. The van der Waals surface area contributed by atoms with Crippen molar-refractivity contribution in [3.05, 3.63) is 77.8 Å². The fourth-order valence-corrected chi connectivity index (χ4v) is 3.68. The molecule has 0 spiro atoms. The summed E-state index contributed by atoms with van der Waals surface area (Å²) >= 11 is 0. The van der Waals surface area contributed by atoms with Crippen LogP contribution in [0.1, 0.15) is 18.7 Å². The van der Waals surface area contributed by atoms with Crippen molar-refractivity contribution in [1.82, 2.24) is 25.8 Å². The molecule has 0 saturated heterocycles. The normalized spacial score (nSPS) is 16.4. The van der Waals surface area contributed by atoms with Gasteiger partial charge in [-0.1, -0.05) is 24.3 Å². The van der Waals surface area contributed by atoms with Gasteiger partial charge in [-0.05, 0) is 37.3 Å². The molecule has 1 aliphatic heterocycles. The van der Waals surface area contributed by atoms with Crippen LogP contribution in [-0.4, -0.2) is 27.1 Å². The minimum absolute atomic E-state index is 0.317. The number of carbonyl (C=O) groups excluding carboxylic acids is 2. The second-order valence-corrected chi connectivity index (χ2v) is 7.13. The number of rotatable bonds is 3. The van der Waals surface area contributed by atoms with Crippen LogP contribution in [0.15, 0.2) is 72.1 Å². The quantitative estimate of drug-likeness (QED) is 0.424. The van der Waals surface area contributed by atoms with Crippen LogP contribution in [0.5, 0.6) is 0 Å². The topological polar surface area (TPSA) is 112 Å². The van der Waals surface area contributed by atoms with E-state index in [0.717, 1.165) is 21.8 Å². The Labute approximate surface area is 171 Å². The Balaban J connectivity index is 1.51. The lowest BCUT2D eigenvalue weighted by atomic mass is 9.98. The van der Waals surface area contributed by atoms with Crippen LogP contribution in [0.4, 0.5) is 10.5 Å². The Kier molecular flexibility index (Phi) is 4.17. The molecule has 4 aromatic rings. The molecule has 8 heteroatoms. The molecule has 1 aliphatic rings. The number of nitrogens with one attached hydrogen (secondary N) is 4. The number of urea groups is 1. The monoisotopic (exact) mass is 398 g/mol. The van der Waals surface area contributed by atoms with Gasteiger partial charge in [0.1, 0.15) is 6.04 Å². The highest BCUT2D eigenvalue weighted by Crippen LogP contribution is 2.28. The Morgan fingerprint density at radius 3 is 2.83 bits per heavy atom. The number of allylic oxidation sites excluding steroid dienone is 1. The van der Waals surface area contributed by atoms with Gasteiger partial charge < -0.3 is 16.0 Å². The minimum atomic E-state index is -0.666. The number of para-hydroxylation sites is 1. The molecule has 148 valence electrons. The molecule has 2 aromatic heterocycles. The van der Waals surface area contributed by atoms with Crippen LogP contribution in [0, 0.1) is 0 Å². The second-order valence-electron chi connectivity index (χ2n) is 7.13. The summed E-state index contributed by atoms with van der Waals surface area (Å²) in [5.74, 6) is -0.317. The summed E-state index contributed by atoms with van der Waals surface area (Å²) in [4.78, 5) is 30.0. The number of aromatic nitrogens is 3.